The maximum absolute atomic E-state index is 10.1. The SMILES string of the molecule is COc1cccc(CCNC[C@@H](O)c2ccc(O)c(O)c2)c1OC. The van der Waals surface area contributed by atoms with E-state index in [4.69, 9.17) is 9.47 Å². The monoisotopic (exact) mass is 333 g/mol. The fraction of sp³-hybridized carbons (Fsp3) is 0.333. The Morgan fingerprint density at radius 3 is 2.50 bits per heavy atom. The van der Waals surface area contributed by atoms with Crippen molar-refractivity contribution in [3.05, 3.63) is 47.5 Å². The molecule has 0 aliphatic heterocycles. The number of hydrogen-bond donors (Lipinski definition) is 4. The lowest BCUT2D eigenvalue weighted by molar-refractivity contribution is 0.174. The van der Waals surface area contributed by atoms with Crippen molar-refractivity contribution in [2.45, 2.75) is 12.5 Å². The molecule has 6 heteroatoms. The first-order chi connectivity index (χ1) is 11.6. The van der Waals surface area contributed by atoms with Gasteiger partial charge in [0.25, 0.3) is 0 Å². The molecule has 0 spiro atoms. The molecule has 0 amide bonds. The predicted octanol–water partition coefficient (Wildman–Crippen LogP) is 1.98. The zero-order valence-corrected chi connectivity index (χ0v) is 13.8. The molecule has 130 valence electrons. The van der Waals surface area contributed by atoms with E-state index in [1.54, 1.807) is 20.3 Å². The van der Waals surface area contributed by atoms with E-state index in [0.29, 0.717) is 36.6 Å². The number of phenols is 2. The van der Waals surface area contributed by atoms with Gasteiger partial charge in [-0.3, -0.25) is 0 Å². The third-order valence-electron chi connectivity index (χ3n) is 3.78. The van der Waals surface area contributed by atoms with Gasteiger partial charge in [-0.15, -0.1) is 0 Å². The van der Waals surface area contributed by atoms with Crippen LogP contribution < -0.4 is 14.8 Å². The Bertz CT molecular complexity index is 674. The largest absolute Gasteiger partial charge is 0.504 e. The minimum atomic E-state index is -0.774. The number of methoxy groups -OCH3 is 2. The number of nitrogens with one attached hydrogen (secondary N) is 1. The molecule has 24 heavy (non-hydrogen) atoms. The number of benzene rings is 2. The summed E-state index contributed by atoms with van der Waals surface area (Å²) in [7, 11) is 3.21. The van der Waals surface area contributed by atoms with E-state index in [-0.39, 0.29) is 11.5 Å². The Hall–Kier alpha value is -2.44. The highest BCUT2D eigenvalue weighted by molar-refractivity contribution is 5.46. The van der Waals surface area contributed by atoms with Crippen molar-refractivity contribution in [3.63, 3.8) is 0 Å². The molecule has 6 nitrogen and oxygen atoms in total. The van der Waals surface area contributed by atoms with Crippen molar-refractivity contribution in [2.75, 3.05) is 27.3 Å². The van der Waals surface area contributed by atoms with Gasteiger partial charge in [-0.25, -0.2) is 0 Å². The summed E-state index contributed by atoms with van der Waals surface area (Å²) in [5.41, 5.74) is 1.55. The van der Waals surface area contributed by atoms with Crippen LogP contribution in [-0.2, 0) is 6.42 Å². The molecule has 0 saturated carbocycles. The molecule has 0 radical (unpaired) electrons. The summed E-state index contributed by atoms with van der Waals surface area (Å²) >= 11 is 0. The molecular formula is C18H23NO5. The van der Waals surface area contributed by atoms with Crippen molar-refractivity contribution < 1.29 is 24.8 Å². The lowest BCUT2D eigenvalue weighted by atomic mass is 10.1. The summed E-state index contributed by atoms with van der Waals surface area (Å²) in [5, 5.41) is 32.0. The molecule has 0 aliphatic carbocycles. The molecule has 0 saturated heterocycles. The predicted molar refractivity (Wildman–Crippen MR) is 90.9 cm³/mol. The third kappa shape index (κ3) is 4.31. The minimum absolute atomic E-state index is 0.205. The first-order valence-corrected chi connectivity index (χ1v) is 7.67. The van der Waals surface area contributed by atoms with E-state index in [1.807, 2.05) is 18.2 Å². The molecule has 0 heterocycles. The van der Waals surface area contributed by atoms with Crippen LogP contribution in [0, 0.1) is 0 Å². The summed E-state index contributed by atoms with van der Waals surface area (Å²) in [6.45, 7) is 0.973. The van der Waals surface area contributed by atoms with Crippen molar-refractivity contribution in [2.24, 2.45) is 0 Å². The number of para-hydroxylation sites is 1. The smallest absolute Gasteiger partial charge is 0.163 e. The highest BCUT2D eigenvalue weighted by atomic mass is 16.5. The Balaban J connectivity index is 1.87. The average molecular weight is 333 g/mol. The van der Waals surface area contributed by atoms with Crippen LogP contribution in [0.15, 0.2) is 36.4 Å². The first-order valence-electron chi connectivity index (χ1n) is 7.67. The van der Waals surface area contributed by atoms with Crippen LogP contribution >= 0.6 is 0 Å². The van der Waals surface area contributed by atoms with Gasteiger partial charge >= 0.3 is 0 Å². The minimum Gasteiger partial charge on any atom is -0.504 e. The maximum atomic E-state index is 10.1. The molecule has 2 rings (SSSR count). The van der Waals surface area contributed by atoms with Gasteiger partial charge in [0.2, 0.25) is 0 Å². The molecule has 2 aromatic carbocycles. The number of aliphatic hydroxyl groups excluding tert-OH is 1. The summed E-state index contributed by atoms with van der Waals surface area (Å²) in [6, 6.07) is 10.0. The topological polar surface area (TPSA) is 91.2 Å². The van der Waals surface area contributed by atoms with Crippen molar-refractivity contribution in [1.29, 1.82) is 0 Å². The standard InChI is InChI=1S/C18H23NO5/c1-23-17-5-3-4-12(18(17)24-2)8-9-19-11-16(22)13-6-7-14(20)15(21)10-13/h3-7,10,16,19-22H,8-9,11H2,1-2H3/t16-/m1/s1. The number of aliphatic hydroxyl groups is 1. The fourth-order valence-electron chi connectivity index (χ4n) is 2.48. The highest BCUT2D eigenvalue weighted by Gasteiger charge is 2.11. The van der Waals surface area contributed by atoms with Gasteiger partial charge in [0.05, 0.1) is 20.3 Å². The fourth-order valence-corrected chi connectivity index (χ4v) is 2.48. The second kappa shape index (κ2) is 8.42. The summed E-state index contributed by atoms with van der Waals surface area (Å²) in [5.74, 6) is 0.956. The van der Waals surface area contributed by atoms with Crippen LogP contribution in [0.2, 0.25) is 0 Å². The van der Waals surface area contributed by atoms with E-state index < -0.39 is 6.10 Å². The van der Waals surface area contributed by atoms with Crippen LogP contribution in [-0.4, -0.2) is 42.6 Å². The lowest BCUT2D eigenvalue weighted by Gasteiger charge is -2.15. The number of hydrogen-bond acceptors (Lipinski definition) is 6. The summed E-state index contributed by atoms with van der Waals surface area (Å²) < 4.78 is 10.7. The molecule has 0 aromatic heterocycles. The van der Waals surface area contributed by atoms with Crippen molar-refractivity contribution in [3.8, 4) is 23.0 Å². The van der Waals surface area contributed by atoms with Gasteiger partial charge in [0.1, 0.15) is 0 Å². The van der Waals surface area contributed by atoms with E-state index >= 15 is 0 Å². The van der Waals surface area contributed by atoms with Gasteiger partial charge in [-0.05, 0) is 42.3 Å². The summed E-state index contributed by atoms with van der Waals surface area (Å²) in [6.07, 6.45) is -0.0582. The second-order valence-corrected chi connectivity index (χ2v) is 5.37. The molecule has 4 N–H and O–H groups in total. The normalized spacial score (nSPS) is 12.0. The zero-order valence-electron chi connectivity index (χ0n) is 13.8. The van der Waals surface area contributed by atoms with Gasteiger partial charge in [0, 0.05) is 6.54 Å². The van der Waals surface area contributed by atoms with Crippen LogP contribution in [0.3, 0.4) is 0 Å². The molecule has 0 aliphatic rings. The van der Waals surface area contributed by atoms with Crippen LogP contribution in [0.25, 0.3) is 0 Å². The highest BCUT2D eigenvalue weighted by Crippen LogP contribution is 2.31. The molecule has 0 fully saturated rings. The lowest BCUT2D eigenvalue weighted by Crippen LogP contribution is -2.23. The van der Waals surface area contributed by atoms with Gasteiger partial charge < -0.3 is 30.1 Å². The summed E-state index contributed by atoms with van der Waals surface area (Å²) in [4.78, 5) is 0. The number of aromatic hydroxyl groups is 2. The molecule has 2 aromatic rings. The Labute approximate surface area is 141 Å². The molecule has 0 unspecified atom stereocenters. The molecule has 0 bridgehead atoms. The van der Waals surface area contributed by atoms with E-state index in [9.17, 15) is 15.3 Å². The number of ether oxygens (including phenoxy) is 2. The average Bonchev–Trinajstić information content (AvgIpc) is 2.60. The van der Waals surface area contributed by atoms with Gasteiger partial charge in [0.15, 0.2) is 23.0 Å². The Morgan fingerprint density at radius 1 is 1.04 bits per heavy atom. The number of rotatable bonds is 8. The zero-order chi connectivity index (χ0) is 17.5. The first kappa shape index (κ1) is 17.9. The van der Waals surface area contributed by atoms with Gasteiger partial charge in [-0.2, -0.15) is 0 Å². The van der Waals surface area contributed by atoms with E-state index in [2.05, 4.69) is 5.32 Å². The van der Waals surface area contributed by atoms with Crippen molar-refractivity contribution >= 4 is 0 Å². The molecule has 1 atom stereocenters. The quantitative estimate of drug-likeness (QED) is 0.436. The van der Waals surface area contributed by atoms with Gasteiger partial charge in [-0.1, -0.05) is 18.2 Å². The van der Waals surface area contributed by atoms with Crippen LogP contribution in [0.5, 0.6) is 23.0 Å². The Kier molecular flexibility index (Phi) is 6.28. The van der Waals surface area contributed by atoms with Crippen LogP contribution in [0.4, 0.5) is 0 Å². The van der Waals surface area contributed by atoms with E-state index in [1.165, 1.54) is 12.1 Å². The molecular weight excluding hydrogens is 310 g/mol. The van der Waals surface area contributed by atoms with E-state index in [0.717, 1.165) is 5.56 Å². The Morgan fingerprint density at radius 2 is 1.83 bits per heavy atom. The third-order valence-corrected chi connectivity index (χ3v) is 3.78. The van der Waals surface area contributed by atoms with Crippen molar-refractivity contribution in [1.82, 2.24) is 5.32 Å². The van der Waals surface area contributed by atoms with Crippen LogP contribution in [0.1, 0.15) is 17.2 Å². The number of phenolic OH excluding ortho intramolecular Hbond substituents is 2. The maximum Gasteiger partial charge on any atom is 0.163 e. The second-order valence-electron chi connectivity index (χ2n) is 5.37.